The van der Waals surface area contributed by atoms with E-state index in [4.69, 9.17) is 10.5 Å². The first-order valence-corrected chi connectivity index (χ1v) is 9.55. The van der Waals surface area contributed by atoms with Crippen molar-refractivity contribution in [2.45, 2.75) is 39.3 Å². The van der Waals surface area contributed by atoms with E-state index in [-0.39, 0.29) is 11.9 Å². The molecule has 0 spiro atoms. The molecule has 2 heterocycles. The summed E-state index contributed by atoms with van der Waals surface area (Å²) >= 11 is 1.54. The third kappa shape index (κ3) is 4.58. The predicted octanol–water partition coefficient (Wildman–Crippen LogP) is 2.77. The lowest BCUT2D eigenvalue weighted by atomic mass is 10.1. The van der Waals surface area contributed by atoms with Crippen molar-refractivity contribution in [3.8, 4) is 5.75 Å². The molecule has 1 saturated heterocycles. The summed E-state index contributed by atoms with van der Waals surface area (Å²) in [5.74, 6) is 1.39. The van der Waals surface area contributed by atoms with Crippen LogP contribution in [0.1, 0.15) is 29.6 Å². The summed E-state index contributed by atoms with van der Waals surface area (Å²) in [5, 5.41) is 2.84. The highest BCUT2D eigenvalue weighted by atomic mass is 32.1. The molecule has 1 fully saturated rings. The van der Waals surface area contributed by atoms with E-state index >= 15 is 0 Å². The van der Waals surface area contributed by atoms with E-state index in [9.17, 15) is 4.79 Å². The van der Waals surface area contributed by atoms with E-state index < -0.39 is 0 Å². The monoisotopic (exact) mass is 359 g/mol. The molecule has 2 N–H and O–H groups in total. The number of thiazole rings is 1. The molecule has 25 heavy (non-hydrogen) atoms. The van der Waals surface area contributed by atoms with Gasteiger partial charge in [-0.3, -0.25) is 4.79 Å². The molecule has 2 unspecified atom stereocenters. The second-order valence-corrected chi connectivity index (χ2v) is 7.69. The van der Waals surface area contributed by atoms with Crippen LogP contribution in [0.2, 0.25) is 0 Å². The summed E-state index contributed by atoms with van der Waals surface area (Å²) in [7, 11) is 0. The van der Waals surface area contributed by atoms with Crippen molar-refractivity contribution < 1.29 is 9.53 Å². The Labute approximate surface area is 152 Å². The molecule has 1 aromatic heterocycles. The second-order valence-electron chi connectivity index (χ2n) is 6.74. The fourth-order valence-corrected chi connectivity index (χ4v) is 3.90. The quantitative estimate of drug-likeness (QED) is 0.861. The van der Waals surface area contributed by atoms with E-state index in [1.54, 1.807) is 0 Å². The van der Waals surface area contributed by atoms with Gasteiger partial charge in [0, 0.05) is 18.0 Å². The van der Waals surface area contributed by atoms with Gasteiger partial charge in [-0.15, -0.1) is 11.3 Å². The molecular formula is C19H25N3O2S. The molecule has 0 bridgehead atoms. The lowest BCUT2D eigenvalue weighted by molar-refractivity contribution is -0.131. The highest BCUT2D eigenvalue weighted by Crippen LogP contribution is 2.23. The van der Waals surface area contributed by atoms with Gasteiger partial charge in [-0.25, -0.2) is 4.98 Å². The Bertz CT molecular complexity index is 714. The first-order chi connectivity index (χ1) is 12.0. The van der Waals surface area contributed by atoms with E-state index in [2.05, 4.69) is 11.9 Å². The average Bonchev–Trinajstić information content (AvgIpc) is 3.20. The number of rotatable bonds is 6. The van der Waals surface area contributed by atoms with Gasteiger partial charge in [-0.1, -0.05) is 17.7 Å². The van der Waals surface area contributed by atoms with Crippen LogP contribution in [-0.4, -0.2) is 34.9 Å². The average molecular weight is 359 g/mol. The number of nitrogens with zero attached hydrogens (tertiary/aromatic N) is 2. The lowest BCUT2D eigenvalue weighted by Gasteiger charge is -2.21. The lowest BCUT2D eigenvalue weighted by Crippen LogP contribution is -2.35. The number of nitrogens with two attached hydrogens (primary N) is 1. The maximum atomic E-state index is 12.5. The van der Waals surface area contributed by atoms with E-state index in [1.807, 2.05) is 41.5 Å². The molecule has 0 aliphatic carbocycles. The summed E-state index contributed by atoms with van der Waals surface area (Å²) in [6.45, 7) is 5.98. The van der Waals surface area contributed by atoms with Crippen LogP contribution in [0, 0.1) is 12.8 Å². The zero-order valence-electron chi connectivity index (χ0n) is 14.8. The fraction of sp³-hybridized carbons (Fsp3) is 0.474. The smallest absolute Gasteiger partial charge is 0.228 e. The van der Waals surface area contributed by atoms with Crippen LogP contribution in [0.25, 0.3) is 0 Å². The zero-order valence-corrected chi connectivity index (χ0v) is 15.6. The number of aromatic nitrogens is 1. The molecule has 0 saturated carbocycles. The van der Waals surface area contributed by atoms with Crippen molar-refractivity contribution in [1.82, 2.24) is 9.88 Å². The zero-order chi connectivity index (χ0) is 17.8. The number of aryl methyl sites for hydroxylation is 1. The first kappa shape index (κ1) is 17.9. The molecule has 134 valence electrons. The van der Waals surface area contributed by atoms with E-state index in [0.717, 1.165) is 29.4 Å². The maximum absolute atomic E-state index is 12.5. The molecule has 1 aliphatic heterocycles. The minimum Gasteiger partial charge on any atom is -0.486 e. The number of hydrogen-bond donors (Lipinski definition) is 1. The minimum atomic E-state index is 0.139. The van der Waals surface area contributed by atoms with E-state index in [0.29, 0.717) is 25.5 Å². The molecule has 1 aliphatic rings. The Morgan fingerprint density at radius 3 is 2.84 bits per heavy atom. The van der Waals surface area contributed by atoms with Crippen molar-refractivity contribution >= 4 is 17.2 Å². The van der Waals surface area contributed by atoms with Crippen LogP contribution in [-0.2, 0) is 17.8 Å². The van der Waals surface area contributed by atoms with Gasteiger partial charge in [0.25, 0.3) is 0 Å². The highest BCUT2D eigenvalue weighted by Gasteiger charge is 2.31. The van der Waals surface area contributed by atoms with Gasteiger partial charge >= 0.3 is 0 Å². The van der Waals surface area contributed by atoms with Gasteiger partial charge in [0.15, 0.2) is 0 Å². The second kappa shape index (κ2) is 7.97. The maximum Gasteiger partial charge on any atom is 0.228 e. The minimum absolute atomic E-state index is 0.139. The molecular weight excluding hydrogens is 334 g/mol. The normalized spacial score (nSPS) is 20.0. The number of ether oxygens (including phenoxy) is 1. The molecule has 6 heteroatoms. The van der Waals surface area contributed by atoms with Gasteiger partial charge in [-0.05, 0) is 44.9 Å². The first-order valence-electron chi connectivity index (χ1n) is 8.67. The molecule has 1 amide bonds. The van der Waals surface area contributed by atoms with Crippen LogP contribution < -0.4 is 10.5 Å². The molecule has 5 nitrogen and oxygen atoms in total. The Balaban J connectivity index is 1.53. The summed E-state index contributed by atoms with van der Waals surface area (Å²) < 4.78 is 5.75. The summed E-state index contributed by atoms with van der Waals surface area (Å²) in [6.07, 6.45) is 1.34. The standard InChI is InChI=1S/C19H25N3O2S/c1-13-3-5-17(6-4-13)24-11-18-21-16(12-25-18)8-19(23)22-10-15(9-20)7-14(22)2/h3-6,12,14-15H,7-11,20H2,1-2H3. The third-order valence-corrected chi connectivity index (χ3v) is 5.50. The number of amides is 1. The van der Waals surface area contributed by atoms with Gasteiger partial charge in [-0.2, -0.15) is 0 Å². The van der Waals surface area contributed by atoms with Crippen LogP contribution in [0.4, 0.5) is 0 Å². The van der Waals surface area contributed by atoms with Crippen molar-refractivity contribution in [2.24, 2.45) is 11.7 Å². The molecule has 2 atom stereocenters. The Morgan fingerprint density at radius 2 is 2.16 bits per heavy atom. The third-order valence-electron chi connectivity index (χ3n) is 4.63. The fourth-order valence-electron chi connectivity index (χ4n) is 3.19. The number of benzene rings is 1. The van der Waals surface area contributed by atoms with Crippen molar-refractivity contribution in [3.63, 3.8) is 0 Å². The van der Waals surface area contributed by atoms with Crippen molar-refractivity contribution in [1.29, 1.82) is 0 Å². The van der Waals surface area contributed by atoms with Gasteiger partial charge in [0.05, 0.1) is 12.1 Å². The summed E-state index contributed by atoms with van der Waals surface area (Å²) in [4.78, 5) is 19.0. The topological polar surface area (TPSA) is 68.5 Å². The predicted molar refractivity (Wildman–Crippen MR) is 99.7 cm³/mol. The molecule has 3 rings (SSSR count). The Kier molecular flexibility index (Phi) is 5.71. The van der Waals surface area contributed by atoms with Crippen LogP contribution in [0.5, 0.6) is 5.75 Å². The summed E-state index contributed by atoms with van der Waals surface area (Å²) in [5.41, 5.74) is 7.77. The largest absolute Gasteiger partial charge is 0.486 e. The molecule has 2 aromatic rings. The van der Waals surface area contributed by atoms with Gasteiger partial charge in [0.1, 0.15) is 17.4 Å². The molecule has 0 radical (unpaired) electrons. The Hall–Kier alpha value is -1.92. The number of carbonyl (C=O) groups excluding carboxylic acids is 1. The van der Waals surface area contributed by atoms with Crippen molar-refractivity contribution in [3.05, 3.63) is 45.9 Å². The number of carbonyl (C=O) groups is 1. The highest BCUT2D eigenvalue weighted by molar-refractivity contribution is 7.09. The molecule has 1 aromatic carbocycles. The van der Waals surface area contributed by atoms with Gasteiger partial charge < -0.3 is 15.4 Å². The van der Waals surface area contributed by atoms with Crippen molar-refractivity contribution in [2.75, 3.05) is 13.1 Å². The Morgan fingerprint density at radius 1 is 1.40 bits per heavy atom. The SMILES string of the molecule is Cc1ccc(OCc2nc(CC(=O)N3CC(CN)CC3C)cs2)cc1. The van der Waals surface area contributed by atoms with Crippen LogP contribution >= 0.6 is 11.3 Å². The van der Waals surface area contributed by atoms with Crippen LogP contribution in [0.15, 0.2) is 29.6 Å². The van der Waals surface area contributed by atoms with E-state index in [1.165, 1.54) is 16.9 Å². The van der Waals surface area contributed by atoms with Gasteiger partial charge in [0.2, 0.25) is 5.91 Å². The summed E-state index contributed by atoms with van der Waals surface area (Å²) in [6, 6.07) is 8.22. The van der Waals surface area contributed by atoms with Crippen LogP contribution in [0.3, 0.4) is 0 Å². The number of likely N-dealkylation sites (tertiary alicyclic amines) is 1. The number of hydrogen-bond acceptors (Lipinski definition) is 5.